The number of rotatable bonds is 4. The Balaban J connectivity index is 1.54. The van der Waals surface area contributed by atoms with Gasteiger partial charge in [0.25, 0.3) is 0 Å². The van der Waals surface area contributed by atoms with Gasteiger partial charge in [-0.15, -0.1) is 10.2 Å². The van der Waals surface area contributed by atoms with Crippen molar-refractivity contribution in [3.8, 4) is 0 Å². The third-order valence-electron chi connectivity index (χ3n) is 4.70. The molecule has 1 unspecified atom stereocenters. The van der Waals surface area contributed by atoms with Gasteiger partial charge in [-0.25, -0.2) is 8.42 Å². The summed E-state index contributed by atoms with van der Waals surface area (Å²) >= 11 is 1.63. The Morgan fingerprint density at radius 1 is 1.16 bits per heavy atom. The van der Waals surface area contributed by atoms with Crippen molar-refractivity contribution in [3.63, 3.8) is 0 Å². The van der Waals surface area contributed by atoms with Crippen LogP contribution in [-0.4, -0.2) is 34.7 Å². The highest BCUT2D eigenvalue weighted by molar-refractivity contribution is 7.98. The molecule has 7 heteroatoms. The van der Waals surface area contributed by atoms with E-state index in [4.69, 9.17) is 0 Å². The Morgan fingerprint density at radius 3 is 2.76 bits per heavy atom. The third-order valence-corrected chi connectivity index (χ3v) is 7.54. The van der Waals surface area contributed by atoms with E-state index in [1.165, 1.54) is 16.3 Å². The fourth-order valence-corrected chi connectivity index (χ4v) is 6.03. The van der Waals surface area contributed by atoms with Crippen LogP contribution < -0.4 is 0 Å². The minimum Gasteiger partial charge on any atom is -0.309 e. The highest BCUT2D eigenvalue weighted by atomic mass is 32.2. The number of hydrogen-bond donors (Lipinski definition) is 0. The number of nitrogens with zero attached hydrogens (tertiary/aromatic N) is 3. The Labute approximate surface area is 151 Å². The maximum atomic E-state index is 11.7. The number of thioether (sulfide) groups is 1. The molecular weight excluding hydrogens is 354 g/mol. The molecule has 0 bridgehead atoms. The number of aromatic nitrogens is 3. The SMILES string of the molecule is Cn1c(SCc2cccc3ccccc23)nnc1C1CCS(=O)(=O)C1. The molecule has 3 aromatic rings. The quantitative estimate of drug-likeness (QED) is 0.657. The molecule has 4 rings (SSSR count). The summed E-state index contributed by atoms with van der Waals surface area (Å²) in [5, 5.41) is 11.9. The van der Waals surface area contributed by atoms with Crippen LogP contribution in [0.3, 0.4) is 0 Å². The van der Waals surface area contributed by atoms with Crippen molar-refractivity contribution < 1.29 is 8.42 Å². The van der Waals surface area contributed by atoms with Crippen LogP contribution in [0.5, 0.6) is 0 Å². The topological polar surface area (TPSA) is 64.8 Å². The molecule has 1 saturated heterocycles. The second-order valence-electron chi connectivity index (χ2n) is 6.43. The van der Waals surface area contributed by atoms with Crippen molar-refractivity contribution >= 4 is 32.4 Å². The maximum absolute atomic E-state index is 11.7. The zero-order valence-electron chi connectivity index (χ0n) is 13.9. The van der Waals surface area contributed by atoms with Gasteiger partial charge in [0.15, 0.2) is 15.0 Å². The second kappa shape index (κ2) is 6.46. The van der Waals surface area contributed by atoms with E-state index in [1.807, 2.05) is 17.7 Å². The molecular formula is C18H19N3O2S2. The summed E-state index contributed by atoms with van der Waals surface area (Å²) in [6, 6.07) is 14.7. The van der Waals surface area contributed by atoms with E-state index >= 15 is 0 Å². The lowest BCUT2D eigenvalue weighted by Crippen LogP contribution is -2.09. The van der Waals surface area contributed by atoms with E-state index < -0.39 is 9.84 Å². The van der Waals surface area contributed by atoms with Crippen LogP contribution in [0.15, 0.2) is 47.6 Å². The van der Waals surface area contributed by atoms with Crippen LogP contribution >= 0.6 is 11.8 Å². The summed E-state index contributed by atoms with van der Waals surface area (Å²) in [6.07, 6.45) is 0.641. The lowest BCUT2D eigenvalue weighted by molar-refractivity contribution is 0.599. The van der Waals surface area contributed by atoms with Gasteiger partial charge in [0.2, 0.25) is 0 Å². The standard InChI is InChI=1S/C18H19N3O2S2/c1-21-17(15-9-10-25(22,23)12-15)19-20-18(21)24-11-14-7-4-6-13-5-2-3-8-16(13)14/h2-8,15H,9-12H2,1H3. The van der Waals surface area contributed by atoms with Crippen LogP contribution in [0.2, 0.25) is 0 Å². The van der Waals surface area contributed by atoms with Crippen molar-refractivity contribution in [2.24, 2.45) is 7.05 Å². The van der Waals surface area contributed by atoms with Crippen molar-refractivity contribution in [2.75, 3.05) is 11.5 Å². The summed E-state index contributed by atoms with van der Waals surface area (Å²) in [6.45, 7) is 0. The fraction of sp³-hybridized carbons (Fsp3) is 0.333. The van der Waals surface area contributed by atoms with Gasteiger partial charge in [-0.05, 0) is 22.8 Å². The lowest BCUT2D eigenvalue weighted by Gasteiger charge is -2.09. The smallest absolute Gasteiger partial charge is 0.191 e. The Morgan fingerprint density at radius 2 is 1.96 bits per heavy atom. The van der Waals surface area contributed by atoms with Crippen LogP contribution in [0.1, 0.15) is 23.7 Å². The molecule has 1 aromatic heterocycles. The van der Waals surface area contributed by atoms with Gasteiger partial charge in [-0.2, -0.15) is 0 Å². The van der Waals surface area contributed by atoms with E-state index in [0.29, 0.717) is 6.42 Å². The molecule has 1 fully saturated rings. The molecule has 0 N–H and O–H groups in total. The van der Waals surface area contributed by atoms with E-state index in [-0.39, 0.29) is 17.4 Å². The van der Waals surface area contributed by atoms with Crippen LogP contribution in [0.4, 0.5) is 0 Å². The van der Waals surface area contributed by atoms with Crippen molar-refractivity contribution in [2.45, 2.75) is 23.2 Å². The summed E-state index contributed by atoms with van der Waals surface area (Å²) < 4.78 is 25.4. The molecule has 1 atom stereocenters. The Bertz CT molecular complexity index is 1020. The molecule has 5 nitrogen and oxygen atoms in total. The minimum atomic E-state index is -2.92. The van der Waals surface area contributed by atoms with Crippen molar-refractivity contribution in [1.29, 1.82) is 0 Å². The van der Waals surface area contributed by atoms with Gasteiger partial charge in [0.05, 0.1) is 11.5 Å². The number of benzene rings is 2. The van der Waals surface area contributed by atoms with Crippen molar-refractivity contribution in [3.05, 3.63) is 53.9 Å². The molecule has 1 aliphatic heterocycles. The first kappa shape index (κ1) is 16.6. The zero-order chi connectivity index (χ0) is 17.4. The molecule has 130 valence electrons. The summed E-state index contributed by atoms with van der Waals surface area (Å²) in [7, 11) is -0.996. The third kappa shape index (κ3) is 3.30. The van der Waals surface area contributed by atoms with Gasteiger partial charge in [0, 0.05) is 18.7 Å². The summed E-state index contributed by atoms with van der Waals surface area (Å²) in [4.78, 5) is 0. The maximum Gasteiger partial charge on any atom is 0.191 e. The predicted molar refractivity (Wildman–Crippen MR) is 101 cm³/mol. The molecule has 2 heterocycles. The van der Waals surface area contributed by atoms with Gasteiger partial charge >= 0.3 is 0 Å². The first-order chi connectivity index (χ1) is 12.0. The molecule has 0 amide bonds. The predicted octanol–water partition coefficient (Wildman–Crippen LogP) is 3.16. The normalized spacial score (nSPS) is 19.5. The molecule has 25 heavy (non-hydrogen) atoms. The highest BCUT2D eigenvalue weighted by Crippen LogP contribution is 2.31. The van der Waals surface area contributed by atoms with Gasteiger partial charge in [-0.1, -0.05) is 54.2 Å². The molecule has 0 spiro atoms. The fourth-order valence-electron chi connectivity index (χ4n) is 3.37. The van der Waals surface area contributed by atoms with Crippen LogP contribution in [0, 0.1) is 0 Å². The average Bonchev–Trinajstić information content (AvgIpc) is 3.15. The minimum absolute atomic E-state index is 0.0330. The average molecular weight is 374 g/mol. The molecule has 2 aromatic carbocycles. The van der Waals surface area contributed by atoms with E-state index in [1.54, 1.807) is 11.8 Å². The van der Waals surface area contributed by atoms with Crippen LogP contribution in [-0.2, 0) is 22.6 Å². The van der Waals surface area contributed by atoms with Gasteiger partial charge in [0.1, 0.15) is 5.82 Å². The van der Waals surface area contributed by atoms with Gasteiger partial charge < -0.3 is 4.57 Å². The molecule has 0 radical (unpaired) electrons. The van der Waals surface area contributed by atoms with Gasteiger partial charge in [-0.3, -0.25) is 0 Å². The first-order valence-electron chi connectivity index (χ1n) is 8.23. The van der Waals surface area contributed by atoms with E-state index in [2.05, 4.69) is 46.6 Å². The first-order valence-corrected chi connectivity index (χ1v) is 11.0. The second-order valence-corrected chi connectivity index (χ2v) is 9.60. The zero-order valence-corrected chi connectivity index (χ0v) is 15.6. The Hall–Kier alpha value is -1.86. The summed E-state index contributed by atoms with van der Waals surface area (Å²) in [5.41, 5.74) is 1.26. The summed E-state index contributed by atoms with van der Waals surface area (Å²) in [5.74, 6) is 1.99. The monoisotopic (exact) mass is 373 g/mol. The number of sulfone groups is 1. The molecule has 0 aliphatic carbocycles. The van der Waals surface area contributed by atoms with E-state index in [9.17, 15) is 8.42 Å². The number of hydrogen-bond acceptors (Lipinski definition) is 5. The van der Waals surface area contributed by atoms with Crippen LogP contribution in [0.25, 0.3) is 10.8 Å². The lowest BCUT2D eigenvalue weighted by atomic mass is 10.1. The van der Waals surface area contributed by atoms with E-state index in [0.717, 1.165) is 16.7 Å². The van der Waals surface area contributed by atoms with Crippen molar-refractivity contribution in [1.82, 2.24) is 14.8 Å². The number of fused-ring (bicyclic) bond motifs is 1. The largest absolute Gasteiger partial charge is 0.309 e. The molecule has 0 saturated carbocycles. The molecule has 1 aliphatic rings. The highest BCUT2D eigenvalue weighted by Gasteiger charge is 2.32. The Kier molecular flexibility index (Phi) is 4.29.